The predicted octanol–water partition coefficient (Wildman–Crippen LogP) is 4.01. The van der Waals surface area contributed by atoms with E-state index in [1.54, 1.807) is 6.07 Å². The lowest BCUT2D eigenvalue weighted by Crippen LogP contribution is -2.60. The highest BCUT2D eigenvalue weighted by Crippen LogP contribution is 2.39. The van der Waals surface area contributed by atoms with Crippen LogP contribution in [0.3, 0.4) is 0 Å². The van der Waals surface area contributed by atoms with E-state index in [0.29, 0.717) is 30.4 Å². The smallest absolute Gasteiger partial charge is 0.252 e. The number of piperidine rings is 1. The quantitative estimate of drug-likeness (QED) is 0.195. The highest BCUT2D eigenvalue weighted by atomic mass is 16.3. The Labute approximate surface area is 295 Å². The Kier molecular flexibility index (Phi) is 12.0. The molecule has 1 heterocycles. The number of benzene rings is 3. The molecule has 3 aromatic carbocycles. The zero-order valence-corrected chi connectivity index (χ0v) is 29.8. The van der Waals surface area contributed by atoms with Crippen LogP contribution in [0, 0.1) is 18.8 Å². The Balaban J connectivity index is 1.31. The zero-order chi connectivity index (χ0) is 36.0. The normalized spacial score (nSPS) is 21.3. The van der Waals surface area contributed by atoms with E-state index >= 15 is 0 Å². The van der Waals surface area contributed by atoms with Crippen LogP contribution in [0.5, 0.6) is 0 Å². The summed E-state index contributed by atoms with van der Waals surface area (Å²) in [5.74, 6) is -0.974. The number of nitrogens with two attached hydrogens (primary N) is 1. The molecule has 0 spiro atoms. The molecule has 5 rings (SSSR count). The SMILES string of the molecule is Cc1c(C(=O)N[C@@H](CC(=O)N[C@@H](Cc2ccccc2)[C@H](O)CN2C[C@H]3CCCC[C@H]3C[C@H]2C(=O)NC(C)(C)C)C(N)=O)ccc2ccccc12. The number of amides is 4. The number of β-amino-alcohol motifs (C(OH)–C–C–N with tert-alkyl or cyclic N) is 1. The van der Waals surface area contributed by atoms with Gasteiger partial charge in [-0.2, -0.15) is 0 Å². The number of rotatable bonds is 12. The number of aryl methyl sites for hydroxylation is 1. The maximum Gasteiger partial charge on any atom is 0.252 e. The molecule has 2 fully saturated rings. The minimum absolute atomic E-state index is 0.0425. The van der Waals surface area contributed by atoms with Crippen molar-refractivity contribution in [2.24, 2.45) is 17.6 Å². The average Bonchev–Trinajstić information content (AvgIpc) is 3.07. The lowest BCUT2D eigenvalue weighted by molar-refractivity contribution is -0.133. The van der Waals surface area contributed by atoms with Crippen molar-refractivity contribution < 1.29 is 24.3 Å². The fourth-order valence-corrected chi connectivity index (χ4v) is 7.73. The van der Waals surface area contributed by atoms with Gasteiger partial charge in [-0.15, -0.1) is 0 Å². The number of nitrogens with zero attached hydrogens (tertiary/aromatic N) is 1. The first-order valence-electron chi connectivity index (χ1n) is 17.9. The average molecular weight is 684 g/mol. The third-order valence-electron chi connectivity index (χ3n) is 10.3. The fourth-order valence-electron chi connectivity index (χ4n) is 7.73. The minimum atomic E-state index is -1.27. The molecule has 1 aliphatic carbocycles. The van der Waals surface area contributed by atoms with Gasteiger partial charge < -0.3 is 26.8 Å². The second kappa shape index (κ2) is 16.2. The highest BCUT2D eigenvalue weighted by molar-refractivity contribution is 6.03. The van der Waals surface area contributed by atoms with E-state index in [1.165, 1.54) is 12.8 Å². The van der Waals surface area contributed by atoms with Gasteiger partial charge in [-0.1, -0.05) is 79.9 Å². The summed E-state index contributed by atoms with van der Waals surface area (Å²) in [4.78, 5) is 55.1. The summed E-state index contributed by atoms with van der Waals surface area (Å²) < 4.78 is 0. The van der Waals surface area contributed by atoms with Gasteiger partial charge in [0.05, 0.1) is 24.6 Å². The van der Waals surface area contributed by atoms with Crippen LogP contribution < -0.4 is 21.7 Å². The number of nitrogens with one attached hydrogen (secondary N) is 3. The number of carbonyl (C=O) groups is 4. The lowest BCUT2D eigenvalue weighted by Gasteiger charge is -2.47. The Hall–Kier alpha value is -4.28. The van der Waals surface area contributed by atoms with Crippen LogP contribution in [-0.4, -0.2) is 76.5 Å². The van der Waals surface area contributed by atoms with Crippen molar-refractivity contribution in [2.75, 3.05) is 13.1 Å². The zero-order valence-electron chi connectivity index (χ0n) is 29.8. The minimum Gasteiger partial charge on any atom is -0.390 e. The van der Waals surface area contributed by atoms with E-state index in [4.69, 9.17) is 5.73 Å². The van der Waals surface area contributed by atoms with Crippen molar-refractivity contribution in [3.05, 3.63) is 83.4 Å². The van der Waals surface area contributed by atoms with Crippen molar-refractivity contribution >= 4 is 34.4 Å². The van der Waals surface area contributed by atoms with Crippen molar-refractivity contribution in [1.82, 2.24) is 20.9 Å². The van der Waals surface area contributed by atoms with Crippen LogP contribution in [0.4, 0.5) is 0 Å². The van der Waals surface area contributed by atoms with E-state index in [9.17, 15) is 24.3 Å². The number of primary amides is 1. The first kappa shape index (κ1) is 37.0. The molecular weight excluding hydrogens is 630 g/mol. The van der Waals surface area contributed by atoms with Crippen molar-refractivity contribution in [2.45, 2.75) is 102 Å². The maximum atomic E-state index is 13.6. The van der Waals surface area contributed by atoms with Gasteiger partial charge in [-0.3, -0.25) is 24.1 Å². The van der Waals surface area contributed by atoms with Gasteiger partial charge in [-0.25, -0.2) is 0 Å². The molecule has 6 N–H and O–H groups in total. The summed E-state index contributed by atoms with van der Waals surface area (Å²) in [5, 5.41) is 22.5. The molecule has 4 amide bonds. The predicted molar refractivity (Wildman–Crippen MR) is 195 cm³/mol. The number of hydrogen-bond acceptors (Lipinski definition) is 6. The van der Waals surface area contributed by atoms with Crippen LogP contribution in [0.2, 0.25) is 0 Å². The van der Waals surface area contributed by atoms with Crippen molar-refractivity contribution in [1.29, 1.82) is 0 Å². The van der Waals surface area contributed by atoms with Gasteiger partial charge in [0.15, 0.2) is 0 Å². The molecule has 2 aliphatic rings. The molecule has 3 aromatic rings. The Bertz CT molecular complexity index is 1670. The van der Waals surface area contributed by atoms with E-state index in [0.717, 1.165) is 41.2 Å². The van der Waals surface area contributed by atoms with Gasteiger partial charge in [0.2, 0.25) is 17.7 Å². The number of fused-ring (bicyclic) bond motifs is 2. The van der Waals surface area contributed by atoms with Gasteiger partial charge in [0, 0.05) is 24.2 Å². The van der Waals surface area contributed by atoms with E-state index < -0.39 is 47.9 Å². The third-order valence-corrected chi connectivity index (χ3v) is 10.3. The topological polar surface area (TPSA) is 154 Å². The first-order chi connectivity index (χ1) is 23.8. The monoisotopic (exact) mass is 683 g/mol. The van der Waals surface area contributed by atoms with E-state index in [-0.39, 0.29) is 18.5 Å². The molecule has 1 aliphatic heterocycles. The summed E-state index contributed by atoms with van der Waals surface area (Å²) in [7, 11) is 0. The summed E-state index contributed by atoms with van der Waals surface area (Å²) in [6.45, 7) is 8.64. The molecule has 0 aromatic heterocycles. The van der Waals surface area contributed by atoms with E-state index in [1.807, 2.05) is 88.4 Å². The number of carbonyl (C=O) groups excluding carboxylic acids is 4. The summed E-state index contributed by atoms with van der Waals surface area (Å²) >= 11 is 0. The van der Waals surface area contributed by atoms with Gasteiger partial charge in [0.25, 0.3) is 5.91 Å². The number of aliphatic hydroxyl groups is 1. The lowest BCUT2D eigenvalue weighted by atomic mass is 9.72. The molecule has 10 heteroatoms. The largest absolute Gasteiger partial charge is 0.390 e. The number of aliphatic hydroxyl groups excluding tert-OH is 1. The number of likely N-dealkylation sites (tertiary alicyclic amines) is 1. The second-order valence-electron chi connectivity index (χ2n) is 15.3. The molecule has 6 atom stereocenters. The summed E-state index contributed by atoms with van der Waals surface area (Å²) in [5.41, 5.74) is 7.35. The van der Waals surface area contributed by atoms with E-state index in [2.05, 4.69) is 20.9 Å². The van der Waals surface area contributed by atoms with Crippen LogP contribution >= 0.6 is 0 Å². The van der Waals surface area contributed by atoms with Gasteiger partial charge in [-0.05, 0) is 86.8 Å². The van der Waals surface area contributed by atoms with Crippen LogP contribution in [0.15, 0.2) is 66.7 Å². The maximum absolute atomic E-state index is 13.6. The molecule has 1 saturated carbocycles. The van der Waals surface area contributed by atoms with Crippen molar-refractivity contribution in [3.8, 4) is 0 Å². The third kappa shape index (κ3) is 9.48. The molecule has 268 valence electrons. The highest BCUT2D eigenvalue weighted by Gasteiger charge is 2.42. The Morgan fingerprint density at radius 1 is 0.920 bits per heavy atom. The molecular formula is C40H53N5O5. The standard InChI is InChI=1S/C40H53N5O5/c1-25-30-17-11-10-14-27(30)18-19-31(25)38(49)43-33(37(41)48)22-36(47)42-32(20-26-12-6-5-7-13-26)35(46)24-45-23-29-16-9-8-15-28(29)21-34(45)39(50)44-40(2,3)4/h5-7,10-14,17-19,28-29,32-35,46H,8-9,15-16,20-24H2,1-4H3,(H2,41,48)(H,42,47)(H,43,49)(H,44,50)/t28-,29+,32-,33-,34-,35+/m0/s1. The summed E-state index contributed by atoms with van der Waals surface area (Å²) in [6.07, 6.45) is 4.22. The molecule has 1 saturated heterocycles. The van der Waals surface area contributed by atoms with Crippen molar-refractivity contribution in [3.63, 3.8) is 0 Å². The Morgan fingerprint density at radius 2 is 1.60 bits per heavy atom. The molecule has 0 bridgehead atoms. The molecule has 50 heavy (non-hydrogen) atoms. The Morgan fingerprint density at radius 3 is 2.30 bits per heavy atom. The first-order valence-corrected chi connectivity index (χ1v) is 17.9. The molecule has 0 radical (unpaired) electrons. The number of hydrogen-bond donors (Lipinski definition) is 5. The van der Waals surface area contributed by atoms with Gasteiger partial charge >= 0.3 is 0 Å². The van der Waals surface area contributed by atoms with Crippen LogP contribution in [0.25, 0.3) is 10.8 Å². The fraction of sp³-hybridized carbons (Fsp3) is 0.500. The second-order valence-corrected chi connectivity index (χ2v) is 15.3. The molecule has 10 nitrogen and oxygen atoms in total. The summed E-state index contributed by atoms with van der Waals surface area (Å²) in [6, 6.07) is 18.4. The van der Waals surface area contributed by atoms with Crippen LogP contribution in [-0.2, 0) is 20.8 Å². The molecule has 0 unspecified atom stereocenters. The van der Waals surface area contributed by atoms with Crippen LogP contribution in [0.1, 0.15) is 80.8 Å². The van der Waals surface area contributed by atoms with Gasteiger partial charge in [0.1, 0.15) is 6.04 Å².